The van der Waals surface area contributed by atoms with Gasteiger partial charge in [-0.25, -0.2) is 0 Å². The fraction of sp³-hybridized carbons (Fsp3) is 0.462. The van der Waals surface area contributed by atoms with Gasteiger partial charge in [0.2, 0.25) is 23.6 Å². The molecule has 0 radical (unpaired) electrons. The Balaban J connectivity index is 1.16. The highest BCUT2D eigenvalue weighted by Gasteiger charge is 2.42. The number of nitrogens with two attached hydrogens (primary N) is 2. The molecule has 2 fully saturated rings. The van der Waals surface area contributed by atoms with Crippen LogP contribution in [0, 0.1) is 10.8 Å². The highest BCUT2D eigenvalue weighted by Crippen LogP contribution is 2.29. The second-order valence-electron chi connectivity index (χ2n) is 19.5. The van der Waals surface area contributed by atoms with Crippen molar-refractivity contribution in [1.82, 2.24) is 19.6 Å². The van der Waals surface area contributed by atoms with E-state index in [1.54, 1.807) is 9.80 Å². The van der Waals surface area contributed by atoms with Gasteiger partial charge in [0.1, 0.15) is 12.1 Å². The Bertz CT molecular complexity index is 1960. The molecule has 2 saturated heterocycles. The van der Waals surface area contributed by atoms with E-state index in [1.807, 2.05) is 87.7 Å². The first kappa shape index (κ1) is 46.2. The third-order valence-corrected chi connectivity index (χ3v) is 12.7. The molecule has 0 unspecified atom stereocenters. The summed E-state index contributed by atoms with van der Waals surface area (Å²) < 4.78 is 0. The first-order valence-corrected chi connectivity index (χ1v) is 22.5. The van der Waals surface area contributed by atoms with Crippen molar-refractivity contribution in [1.29, 1.82) is 0 Å². The van der Waals surface area contributed by atoms with E-state index >= 15 is 0 Å². The van der Waals surface area contributed by atoms with Gasteiger partial charge in [0, 0.05) is 39.3 Å². The summed E-state index contributed by atoms with van der Waals surface area (Å²) in [6, 6.07) is 34.5. The molecule has 330 valence electrons. The molecular weight excluding hydrogens is 773 g/mol. The maximum atomic E-state index is 14.3. The molecule has 4 N–H and O–H groups in total. The number of carbonyl (C=O) groups excluding carboxylic acids is 4. The van der Waals surface area contributed by atoms with Crippen LogP contribution in [-0.4, -0.2) is 93.6 Å². The lowest BCUT2D eigenvalue weighted by Gasteiger charge is -2.35. The van der Waals surface area contributed by atoms with Crippen LogP contribution in [0.15, 0.2) is 109 Å². The van der Waals surface area contributed by atoms with Crippen molar-refractivity contribution in [2.45, 2.75) is 117 Å². The van der Waals surface area contributed by atoms with Crippen LogP contribution in [0.5, 0.6) is 0 Å². The van der Waals surface area contributed by atoms with Crippen LogP contribution in [0.4, 0.5) is 0 Å². The van der Waals surface area contributed by atoms with Crippen molar-refractivity contribution in [2.24, 2.45) is 22.3 Å². The first-order valence-electron chi connectivity index (χ1n) is 22.5. The second kappa shape index (κ2) is 20.2. The molecule has 4 atom stereocenters. The minimum Gasteiger partial charge on any atom is -0.336 e. The minimum atomic E-state index is -0.686. The number of hydrogen-bond donors (Lipinski definition) is 2. The second-order valence-corrected chi connectivity index (χ2v) is 19.5. The molecule has 4 aromatic rings. The number of rotatable bonds is 15. The minimum absolute atomic E-state index is 0.0374. The average Bonchev–Trinajstić information content (AvgIpc) is 3.97. The smallest absolute Gasteiger partial charge is 0.245 e. The highest BCUT2D eigenvalue weighted by molar-refractivity contribution is 5.91. The molecule has 2 aliphatic heterocycles. The van der Waals surface area contributed by atoms with Gasteiger partial charge in [0.05, 0.1) is 12.1 Å². The summed E-state index contributed by atoms with van der Waals surface area (Å²) in [5.41, 5.74) is 18.4. The van der Waals surface area contributed by atoms with Crippen LogP contribution < -0.4 is 11.5 Å². The maximum Gasteiger partial charge on any atom is 0.245 e. The van der Waals surface area contributed by atoms with E-state index in [2.05, 4.69) is 72.8 Å². The number of hydrogen-bond acceptors (Lipinski definition) is 6. The van der Waals surface area contributed by atoms with Gasteiger partial charge in [0.15, 0.2) is 0 Å². The predicted molar refractivity (Wildman–Crippen MR) is 247 cm³/mol. The van der Waals surface area contributed by atoms with Gasteiger partial charge in [-0.15, -0.1) is 0 Å². The zero-order chi connectivity index (χ0) is 44.6. The zero-order valence-corrected chi connectivity index (χ0v) is 37.8. The maximum absolute atomic E-state index is 14.3. The van der Waals surface area contributed by atoms with Crippen LogP contribution in [0.2, 0.25) is 0 Å². The van der Waals surface area contributed by atoms with Crippen LogP contribution in [0.3, 0.4) is 0 Å². The Labute approximate surface area is 369 Å². The van der Waals surface area contributed by atoms with Gasteiger partial charge in [-0.2, -0.15) is 0 Å². The lowest BCUT2D eigenvalue weighted by atomic mass is 9.86. The van der Waals surface area contributed by atoms with E-state index in [4.69, 9.17) is 11.5 Å². The number of amides is 4. The third kappa shape index (κ3) is 11.6. The van der Waals surface area contributed by atoms with E-state index in [1.165, 1.54) is 0 Å². The van der Waals surface area contributed by atoms with Crippen molar-refractivity contribution < 1.29 is 19.2 Å². The molecule has 62 heavy (non-hydrogen) atoms. The largest absolute Gasteiger partial charge is 0.336 e. The molecule has 4 amide bonds. The normalized spacial score (nSPS) is 17.7. The summed E-state index contributed by atoms with van der Waals surface area (Å²) in [4.78, 5) is 63.0. The summed E-state index contributed by atoms with van der Waals surface area (Å²) in [7, 11) is 0. The van der Waals surface area contributed by atoms with Crippen molar-refractivity contribution >= 4 is 23.6 Å². The van der Waals surface area contributed by atoms with Gasteiger partial charge < -0.3 is 31.1 Å². The summed E-state index contributed by atoms with van der Waals surface area (Å²) in [5, 5.41) is 0. The Morgan fingerprint density at radius 1 is 0.532 bits per heavy atom. The van der Waals surface area contributed by atoms with E-state index in [-0.39, 0.29) is 23.6 Å². The third-order valence-electron chi connectivity index (χ3n) is 12.7. The van der Waals surface area contributed by atoms with Crippen molar-refractivity contribution in [3.05, 3.63) is 131 Å². The molecular formula is C52H68N6O4. The number of benzene rings is 4. The quantitative estimate of drug-likeness (QED) is 0.130. The average molecular weight is 841 g/mol. The van der Waals surface area contributed by atoms with E-state index in [0.29, 0.717) is 65.0 Å². The van der Waals surface area contributed by atoms with Crippen molar-refractivity contribution in [3.63, 3.8) is 0 Å². The lowest BCUT2D eigenvalue weighted by molar-refractivity contribution is -0.146. The highest BCUT2D eigenvalue weighted by atomic mass is 16.2. The summed E-state index contributed by atoms with van der Waals surface area (Å²) >= 11 is 0. The van der Waals surface area contributed by atoms with Gasteiger partial charge in [-0.05, 0) is 82.7 Å². The molecule has 0 bridgehead atoms. The molecule has 0 spiro atoms. The number of likely N-dealkylation sites (tertiary alicyclic amines) is 2. The Hall–Kier alpha value is -5.32. The molecule has 6 rings (SSSR count). The van der Waals surface area contributed by atoms with Crippen LogP contribution in [-0.2, 0) is 45.1 Å². The summed E-state index contributed by atoms with van der Waals surface area (Å²) in [6.45, 7) is 14.7. The zero-order valence-electron chi connectivity index (χ0n) is 37.8. The van der Waals surface area contributed by atoms with Crippen molar-refractivity contribution in [3.8, 4) is 11.1 Å². The molecule has 4 aromatic carbocycles. The van der Waals surface area contributed by atoms with Gasteiger partial charge in [-0.3, -0.25) is 19.2 Å². The number of nitrogens with zero attached hydrogens (tertiary/aromatic N) is 4. The van der Waals surface area contributed by atoms with Gasteiger partial charge in [0.25, 0.3) is 0 Å². The Morgan fingerprint density at radius 2 is 0.871 bits per heavy atom. The standard InChI is InChI=1S/C52H68N6O4/c1-51(2,3)45(53)49(61)57-31-13-19-43(57)47(59)55(33-29-37-15-9-7-10-16-37)35-39-21-25-41(26-22-39)42-27-23-40(24-28-42)36-56(34-30-38-17-11-8-12-18-38)48(60)44-20-14-32-58(44)50(62)46(54)52(4,5)6/h7-12,15-18,21-28,43-46H,13-14,19-20,29-36,53-54H2,1-6H3/t43-,44-,45+,46+/m0/s1. The van der Waals surface area contributed by atoms with Gasteiger partial charge in [-0.1, -0.05) is 151 Å². The van der Waals surface area contributed by atoms with Gasteiger partial charge >= 0.3 is 0 Å². The Morgan fingerprint density at radius 3 is 1.19 bits per heavy atom. The monoisotopic (exact) mass is 841 g/mol. The fourth-order valence-corrected chi connectivity index (χ4v) is 8.49. The van der Waals surface area contributed by atoms with E-state index in [9.17, 15) is 19.2 Å². The molecule has 0 aliphatic carbocycles. The molecule has 2 aliphatic rings. The van der Waals surface area contributed by atoms with E-state index < -0.39 is 35.0 Å². The summed E-state index contributed by atoms with van der Waals surface area (Å²) in [5.74, 6) is -0.395. The lowest BCUT2D eigenvalue weighted by Crippen LogP contribution is -2.55. The molecule has 0 saturated carbocycles. The van der Waals surface area contributed by atoms with Crippen LogP contribution in [0.1, 0.15) is 89.5 Å². The molecule has 10 nitrogen and oxygen atoms in total. The first-order chi connectivity index (χ1) is 29.5. The van der Waals surface area contributed by atoms with Crippen LogP contribution in [0.25, 0.3) is 11.1 Å². The SMILES string of the molecule is CC(C)(C)[C@H](N)C(=O)N1CCC[C@H]1C(=O)N(CCc1ccccc1)Cc1ccc(-c2ccc(CN(CCc3ccccc3)C(=O)[C@@H]3CCCN3C(=O)[C@@H](N)C(C)(C)C)cc2)cc1. The molecule has 2 heterocycles. The predicted octanol–water partition coefficient (Wildman–Crippen LogP) is 7.23. The topological polar surface area (TPSA) is 133 Å². The summed E-state index contributed by atoms with van der Waals surface area (Å²) in [6.07, 6.45) is 4.21. The van der Waals surface area contributed by atoms with Crippen molar-refractivity contribution in [2.75, 3.05) is 26.2 Å². The molecule has 0 aromatic heterocycles. The molecule has 10 heteroatoms. The number of carbonyl (C=O) groups is 4. The Kier molecular flexibility index (Phi) is 15.1. The van der Waals surface area contributed by atoms with Crippen LogP contribution >= 0.6 is 0 Å². The van der Waals surface area contributed by atoms with E-state index in [0.717, 1.165) is 46.2 Å². The fourth-order valence-electron chi connectivity index (χ4n) is 8.49.